The van der Waals surface area contributed by atoms with Gasteiger partial charge >= 0.3 is 5.97 Å². The summed E-state index contributed by atoms with van der Waals surface area (Å²) >= 11 is 0.431. The Morgan fingerprint density at radius 3 is 2.51 bits per heavy atom. The third-order valence-electron chi connectivity index (χ3n) is 11.1. The van der Waals surface area contributed by atoms with Crippen LogP contribution in [-0.2, 0) is 19.1 Å². The number of ketones is 1. The molecule has 0 heterocycles. The van der Waals surface area contributed by atoms with Crippen LogP contribution < -0.4 is 0 Å². The lowest BCUT2D eigenvalue weighted by Gasteiger charge is -2.63. The van der Waals surface area contributed by atoms with Gasteiger partial charge in [0.15, 0.2) is 17.1 Å². The smallest absolute Gasteiger partial charge is 0.307 e. The van der Waals surface area contributed by atoms with Gasteiger partial charge in [-0.15, -0.1) is 0 Å². The largest absolute Gasteiger partial charge is 0.449 e. The van der Waals surface area contributed by atoms with E-state index in [1.807, 2.05) is 0 Å². The molecule has 216 valence electrons. The molecule has 0 saturated heterocycles. The average molecular weight is 569 g/mol. The van der Waals surface area contributed by atoms with Crippen molar-refractivity contribution in [3.05, 3.63) is 23.8 Å². The van der Waals surface area contributed by atoms with Crippen molar-refractivity contribution >= 4 is 28.6 Å². The molecule has 9 heteroatoms. The Hall–Kier alpha value is -1.61. The van der Waals surface area contributed by atoms with Gasteiger partial charge in [-0.3, -0.25) is 14.4 Å². The number of aliphatic hydroxyl groups excluding tert-OH is 1. The summed E-state index contributed by atoms with van der Waals surface area (Å²) in [4.78, 5) is 39.2. The van der Waals surface area contributed by atoms with Crippen LogP contribution in [-0.4, -0.2) is 51.5 Å². The van der Waals surface area contributed by atoms with Gasteiger partial charge in [-0.1, -0.05) is 39.2 Å². The summed E-state index contributed by atoms with van der Waals surface area (Å²) in [6, 6.07) is -1.01. The van der Waals surface area contributed by atoms with Crippen LogP contribution in [0, 0.1) is 34.5 Å². The molecule has 0 amide bonds. The maximum absolute atomic E-state index is 17.5. The summed E-state index contributed by atoms with van der Waals surface area (Å²) in [5.41, 5.74) is -6.84. The highest BCUT2D eigenvalue weighted by atomic mass is 32.2. The Morgan fingerprint density at radius 2 is 1.85 bits per heavy atom. The quantitative estimate of drug-likeness (QED) is 0.411. The van der Waals surface area contributed by atoms with E-state index < -0.39 is 75.0 Å². The Morgan fingerprint density at radius 1 is 1.15 bits per heavy atom. The van der Waals surface area contributed by atoms with Crippen LogP contribution in [0.3, 0.4) is 0 Å². The summed E-state index contributed by atoms with van der Waals surface area (Å²) in [7, 11) is 0. The van der Waals surface area contributed by atoms with Crippen LogP contribution in [0.15, 0.2) is 23.8 Å². The van der Waals surface area contributed by atoms with Crippen LogP contribution in [0.5, 0.6) is 0 Å². The molecule has 0 aromatic carbocycles. The third-order valence-corrected chi connectivity index (χ3v) is 11.8. The molecule has 0 radical (unpaired) electrons. The van der Waals surface area contributed by atoms with Crippen molar-refractivity contribution in [2.24, 2.45) is 34.5 Å². The lowest BCUT2D eigenvalue weighted by atomic mass is 9.44. The van der Waals surface area contributed by atoms with Crippen LogP contribution in [0.25, 0.3) is 0 Å². The number of aliphatic hydroxyl groups is 1. The Balaban J connectivity index is 1.55. The standard InChI is InChI=1S/C30H39F3O5S/c1-17-11-20-21-14-23(32)22-13-19(34)9-10-27(22,2)29(21,33)24(35)15-28(20,3)30(17,26(37)39-16-31)38-25(36)12-18-7-5-4-6-8-18/h9-10,13,17-18,20-21,23-24,35H,4-8,11-12,14-16H2,1-3H3/t17-,20?,21-,23?,24+,27+,28+,29?,30+/m1/s1. The molecule has 3 unspecified atom stereocenters. The fraction of sp³-hybridized carbons (Fsp3) is 0.767. The van der Waals surface area contributed by atoms with E-state index in [2.05, 4.69) is 0 Å². The first-order valence-corrected chi connectivity index (χ1v) is 15.2. The monoisotopic (exact) mass is 568 g/mol. The number of alkyl halides is 3. The molecule has 0 aromatic rings. The minimum Gasteiger partial charge on any atom is -0.449 e. The van der Waals surface area contributed by atoms with Crippen molar-refractivity contribution in [1.82, 2.24) is 0 Å². The zero-order chi connectivity index (χ0) is 28.4. The number of esters is 1. The van der Waals surface area contributed by atoms with Gasteiger partial charge in [0.2, 0.25) is 5.12 Å². The van der Waals surface area contributed by atoms with Crippen molar-refractivity contribution < 1.29 is 37.4 Å². The van der Waals surface area contributed by atoms with E-state index in [1.54, 1.807) is 13.8 Å². The Kier molecular flexibility index (Phi) is 7.44. The molecule has 0 aromatic heterocycles. The van der Waals surface area contributed by atoms with Gasteiger partial charge in [0.1, 0.15) is 12.2 Å². The van der Waals surface area contributed by atoms with Crippen molar-refractivity contribution in [3.63, 3.8) is 0 Å². The Labute approximate surface area is 232 Å². The molecular weight excluding hydrogens is 529 g/mol. The van der Waals surface area contributed by atoms with E-state index in [0.29, 0.717) is 11.8 Å². The average Bonchev–Trinajstić information content (AvgIpc) is 3.10. The van der Waals surface area contributed by atoms with Gasteiger partial charge in [0.05, 0.1) is 6.10 Å². The fourth-order valence-corrected chi connectivity index (χ4v) is 10.0. The Bertz CT molecular complexity index is 1100. The number of fused-ring (bicyclic) bond motifs is 5. The number of carbonyl (C=O) groups is 3. The first-order valence-electron chi connectivity index (χ1n) is 14.3. The summed E-state index contributed by atoms with van der Waals surface area (Å²) in [6.45, 7) is 4.99. The van der Waals surface area contributed by atoms with Crippen molar-refractivity contribution in [2.75, 3.05) is 6.01 Å². The molecule has 0 bridgehead atoms. The number of rotatable bonds is 5. The first kappa shape index (κ1) is 28.9. The molecular formula is C30H39F3O5S. The van der Waals surface area contributed by atoms with Gasteiger partial charge in [-0.25, -0.2) is 13.2 Å². The zero-order valence-corrected chi connectivity index (χ0v) is 23.7. The maximum atomic E-state index is 17.5. The molecule has 5 aliphatic rings. The number of carbonyl (C=O) groups excluding carboxylic acids is 3. The predicted molar refractivity (Wildman–Crippen MR) is 142 cm³/mol. The summed E-state index contributed by atoms with van der Waals surface area (Å²) in [5.74, 6) is -3.02. The van der Waals surface area contributed by atoms with Crippen molar-refractivity contribution in [2.45, 2.75) is 102 Å². The highest BCUT2D eigenvalue weighted by Gasteiger charge is 2.78. The normalized spacial score (nSPS) is 45.7. The zero-order valence-electron chi connectivity index (χ0n) is 22.9. The molecule has 39 heavy (non-hydrogen) atoms. The molecule has 5 aliphatic carbocycles. The number of thioether (sulfide) groups is 1. The molecule has 0 aliphatic heterocycles. The van der Waals surface area contributed by atoms with Crippen LogP contribution >= 0.6 is 11.8 Å². The number of halogens is 3. The molecule has 0 spiro atoms. The van der Waals surface area contributed by atoms with E-state index >= 15 is 8.78 Å². The minimum atomic E-state index is -2.30. The van der Waals surface area contributed by atoms with Crippen LogP contribution in [0.4, 0.5) is 13.2 Å². The highest BCUT2D eigenvalue weighted by Crippen LogP contribution is 2.72. The lowest BCUT2D eigenvalue weighted by molar-refractivity contribution is -0.229. The minimum absolute atomic E-state index is 0.0247. The van der Waals surface area contributed by atoms with Gasteiger partial charge in [-0.05, 0) is 80.4 Å². The van der Waals surface area contributed by atoms with Crippen LogP contribution in [0.2, 0.25) is 0 Å². The van der Waals surface area contributed by atoms with E-state index in [9.17, 15) is 23.9 Å². The van der Waals surface area contributed by atoms with Crippen molar-refractivity contribution in [1.29, 1.82) is 0 Å². The molecule has 1 N–H and O–H groups in total. The molecule has 9 atom stereocenters. The number of allylic oxidation sites excluding steroid dienone is 4. The molecule has 5 rings (SSSR count). The molecule has 5 nitrogen and oxygen atoms in total. The summed E-state index contributed by atoms with van der Waals surface area (Å²) in [5, 5.41) is 10.9. The van der Waals surface area contributed by atoms with Gasteiger partial charge < -0.3 is 9.84 Å². The number of ether oxygens (including phenoxy) is 1. The first-order chi connectivity index (χ1) is 18.3. The highest BCUT2D eigenvalue weighted by molar-refractivity contribution is 8.13. The van der Waals surface area contributed by atoms with E-state index in [0.717, 1.165) is 38.2 Å². The fourth-order valence-electron chi connectivity index (χ4n) is 9.22. The summed E-state index contributed by atoms with van der Waals surface area (Å²) in [6.07, 6.45) is 5.40. The van der Waals surface area contributed by atoms with Gasteiger partial charge in [-0.2, -0.15) is 0 Å². The second-order valence-electron chi connectivity index (χ2n) is 13.0. The lowest BCUT2D eigenvalue weighted by Crippen LogP contribution is -2.70. The number of hydrogen-bond donors (Lipinski definition) is 1. The van der Waals surface area contributed by atoms with Gasteiger partial charge in [0.25, 0.3) is 0 Å². The van der Waals surface area contributed by atoms with E-state index in [4.69, 9.17) is 4.74 Å². The SMILES string of the molecule is C[C@@H]1CC2[C@H]3CC(F)C4=CC(=O)C=C[C@]4(C)C3(F)[C@@H](O)C[C@]2(C)[C@@]1(OC(=O)CC1CCCCC1)C(=O)SCF. The van der Waals surface area contributed by atoms with Crippen LogP contribution in [0.1, 0.15) is 78.6 Å². The maximum Gasteiger partial charge on any atom is 0.307 e. The molecule has 4 saturated carbocycles. The van der Waals surface area contributed by atoms with Gasteiger partial charge in [0, 0.05) is 29.1 Å². The van der Waals surface area contributed by atoms with E-state index in [1.165, 1.54) is 19.1 Å². The van der Waals surface area contributed by atoms with E-state index in [-0.39, 0.29) is 37.2 Å². The second kappa shape index (κ2) is 10.0. The predicted octanol–water partition coefficient (Wildman–Crippen LogP) is 5.99. The summed E-state index contributed by atoms with van der Waals surface area (Å²) < 4.78 is 52.9. The third kappa shape index (κ3) is 4.03. The topological polar surface area (TPSA) is 80.7 Å². The van der Waals surface area contributed by atoms with Crippen molar-refractivity contribution in [3.8, 4) is 0 Å². The second-order valence-corrected chi connectivity index (χ2v) is 13.8. The molecule has 4 fully saturated rings. The number of hydrogen-bond acceptors (Lipinski definition) is 6.